The molecule has 0 amide bonds. The third-order valence-electron chi connectivity index (χ3n) is 5.14. The van der Waals surface area contributed by atoms with Crippen molar-refractivity contribution < 1.29 is 4.74 Å². The number of ether oxygens (including phenoxy) is 1. The van der Waals surface area contributed by atoms with E-state index in [2.05, 4.69) is 51.3 Å². The second-order valence-electron chi connectivity index (χ2n) is 7.05. The van der Waals surface area contributed by atoms with Crippen molar-refractivity contribution in [2.24, 2.45) is 10.7 Å². The van der Waals surface area contributed by atoms with Crippen molar-refractivity contribution in [2.75, 3.05) is 45.2 Å². The first-order valence-corrected chi connectivity index (χ1v) is 9.90. The number of nitrogens with two attached hydrogens (primary N) is 1. The predicted molar refractivity (Wildman–Crippen MR) is 116 cm³/mol. The molecule has 1 fully saturated rings. The van der Waals surface area contributed by atoms with E-state index in [1.807, 2.05) is 24.3 Å². The van der Waals surface area contributed by atoms with E-state index in [1.165, 1.54) is 18.7 Å². The van der Waals surface area contributed by atoms with Crippen LogP contribution in [0.5, 0.6) is 5.75 Å². The number of anilines is 1. The molecular weight excluding hydrogens is 350 g/mol. The molecule has 0 radical (unpaired) electrons. The second-order valence-corrected chi connectivity index (χ2v) is 7.05. The van der Waals surface area contributed by atoms with Crippen LogP contribution in [0.3, 0.4) is 0 Å². The van der Waals surface area contributed by atoms with Crippen molar-refractivity contribution in [1.29, 1.82) is 0 Å². The minimum Gasteiger partial charge on any atom is -0.495 e. The highest BCUT2D eigenvalue weighted by Crippen LogP contribution is 2.22. The largest absolute Gasteiger partial charge is 0.495 e. The van der Waals surface area contributed by atoms with Gasteiger partial charge < -0.3 is 20.7 Å². The third-order valence-corrected chi connectivity index (χ3v) is 5.14. The number of rotatable bonds is 7. The van der Waals surface area contributed by atoms with Gasteiger partial charge in [-0.2, -0.15) is 0 Å². The van der Waals surface area contributed by atoms with E-state index in [4.69, 9.17) is 10.5 Å². The number of hydrogen-bond donors (Lipinski definition) is 2. The molecule has 2 aromatic carbocycles. The van der Waals surface area contributed by atoms with Crippen LogP contribution in [0.15, 0.2) is 53.5 Å². The molecule has 0 bridgehead atoms. The average Bonchev–Trinajstić information content (AvgIpc) is 2.74. The maximum absolute atomic E-state index is 6.03. The van der Waals surface area contributed by atoms with Gasteiger partial charge in [0.1, 0.15) is 5.75 Å². The topological polar surface area (TPSA) is 66.1 Å². The van der Waals surface area contributed by atoms with E-state index in [9.17, 15) is 0 Å². The molecular formula is C22H31N5O. The zero-order chi connectivity index (χ0) is 19.8. The summed E-state index contributed by atoms with van der Waals surface area (Å²) in [5.41, 5.74) is 9.32. The normalized spacial score (nSPS) is 16.1. The molecule has 6 nitrogen and oxygen atoms in total. The van der Waals surface area contributed by atoms with Gasteiger partial charge in [0.25, 0.3) is 0 Å². The molecule has 0 atom stereocenters. The van der Waals surface area contributed by atoms with Crippen molar-refractivity contribution in [2.45, 2.75) is 20.0 Å². The first-order chi connectivity index (χ1) is 13.7. The summed E-state index contributed by atoms with van der Waals surface area (Å²) in [5, 5.41) is 3.10. The van der Waals surface area contributed by atoms with E-state index >= 15 is 0 Å². The second kappa shape index (κ2) is 10.1. The quantitative estimate of drug-likeness (QED) is 0.570. The van der Waals surface area contributed by atoms with Gasteiger partial charge in [-0.15, -0.1) is 0 Å². The summed E-state index contributed by atoms with van der Waals surface area (Å²) in [4.78, 5) is 9.46. The minimum atomic E-state index is 0.377. The van der Waals surface area contributed by atoms with Crippen LogP contribution in [0.2, 0.25) is 0 Å². The lowest BCUT2D eigenvalue weighted by atomic mass is 10.1. The lowest BCUT2D eigenvalue weighted by molar-refractivity contribution is 0.132. The highest BCUT2D eigenvalue weighted by molar-refractivity contribution is 5.93. The summed E-state index contributed by atoms with van der Waals surface area (Å²) in [7, 11) is 1.64. The number of para-hydroxylation sites is 2. The Morgan fingerprint density at radius 1 is 1.00 bits per heavy atom. The standard InChI is InChI=1S/C22H31N5O/c1-3-26-12-14-27(15-13-26)17-19-10-8-18(9-11-19)16-24-22(23)25-20-6-4-5-7-21(20)28-2/h4-11H,3,12-17H2,1-2H3,(H3,23,24,25). The Kier molecular flexibility index (Phi) is 7.28. The molecule has 3 rings (SSSR count). The van der Waals surface area contributed by atoms with E-state index in [0.717, 1.165) is 43.2 Å². The Balaban J connectivity index is 1.50. The molecule has 1 aliphatic heterocycles. The predicted octanol–water partition coefficient (Wildman–Crippen LogP) is 2.76. The lowest BCUT2D eigenvalue weighted by Crippen LogP contribution is -2.45. The number of methoxy groups -OCH3 is 1. The monoisotopic (exact) mass is 381 g/mol. The first-order valence-electron chi connectivity index (χ1n) is 9.90. The van der Waals surface area contributed by atoms with Crippen LogP contribution in [-0.2, 0) is 13.1 Å². The van der Waals surface area contributed by atoms with E-state index in [1.54, 1.807) is 7.11 Å². The Morgan fingerprint density at radius 3 is 2.32 bits per heavy atom. The summed E-state index contributed by atoms with van der Waals surface area (Å²) in [6, 6.07) is 16.3. The van der Waals surface area contributed by atoms with Crippen LogP contribution in [-0.4, -0.2) is 55.6 Å². The highest BCUT2D eigenvalue weighted by atomic mass is 16.5. The molecule has 0 aromatic heterocycles. The molecule has 2 aromatic rings. The van der Waals surface area contributed by atoms with Crippen molar-refractivity contribution in [3.63, 3.8) is 0 Å². The van der Waals surface area contributed by atoms with E-state index in [-0.39, 0.29) is 0 Å². The number of nitrogens with zero attached hydrogens (tertiary/aromatic N) is 3. The molecule has 150 valence electrons. The fraction of sp³-hybridized carbons (Fsp3) is 0.409. The van der Waals surface area contributed by atoms with Crippen LogP contribution >= 0.6 is 0 Å². The molecule has 3 N–H and O–H groups in total. The number of nitrogens with one attached hydrogen (secondary N) is 1. The van der Waals surface area contributed by atoms with Gasteiger partial charge in [0.15, 0.2) is 5.96 Å². The van der Waals surface area contributed by atoms with Gasteiger partial charge in [0, 0.05) is 32.7 Å². The molecule has 0 unspecified atom stereocenters. The summed E-state index contributed by atoms with van der Waals surface area (Å²) in [5.74, 6) is 1.12. The number of aliphatic imine (C=N–C) groups is 1. The van der Waals surface area contributed by atoms with Crippen LogP contribution in [0.1, 0.15) is 18.1 Å². The molecule has 1 heterocycles. The SMILES string of the molecule is CCN1CCN(Cc2ccc(CN=C(N)Nc3ccccc3OC)cc2)CC1. The molecule has 0 aliphatic carbocycles. The highest BCUT2D eigenvalue weighted by Gasteiger charge is 2.15. The Morgan fingerprint density at radius 2 is 1.64 bits per heavy atom. The number of piperazine rings is 1. The fourth-order valence-electron chi connectivity index (χ4n) is 3.37. The molecule has 0 spiro atoms. The fourth-order valence-corrected chi connectivity index (χ4v) is 3.37. The van der Waals surface area contributed by atoms with Crippen LogP contribution < -0.4 is 15.8 Å². The Labute approximate surface area is 168 Å². The first kappa shape index (κ1) is 20.2. The maximum atomic E-state index is 6.03. The lowest BCUT2D eigenvalue weighted by Gasteiger charge is -2.34. The summed E-state index contributed by atoms with van der Waals surface area (Å²) < 4.78 is 5.32. The smallest absolute Gasteiger partial charge is 0.193 e. The van der Waals surface area contributed by atoms with Gasteiger partial charge >= 0.3 is 0 Å². The molecule has 1 saturated heterocycles. The molecule has 28 heavy (non-hydrogen) atoms. The zero-order valence-corrected chi connectivity index (χ0v) is 16.9. The maximum Gasteiger partial charge on any atom is 0.193 e. The van der Waals surface area contributed by atoms with Crippen LogP contribution in [0.25, 0.3) is 0 Å². The van der Waals surface area contributed by atoms with E-state index < -0.39 is 0 Å². The third kappa shape index (κ3) is 5.71. The number of benzene rings is 2. The Bertz CT molecular complexity index is 767. The molecule has 6 heteroatoms. The summed E-state index contributed by atoms with van der Waals surface area (Å²) >= 11 is 0. The van der Waals surface area contributed by atoms with Crippen molar-refractivity contribution in [3.8, 4) is 5.75 Å². The van der Waals surface area contributed by atoms with Gasteiger partial charge in [0.2, 0.25) is 0 Å². The van der Waals surface area contributed by atoms with Gasteiger partial charge in [-0.1, -0.05) is 43.3 Å². The van der Waals surface area contributed by atoms with Crippen LogP contribution in [0.4, 0.5) is 5.69 Å². The minimum absolute atomic E-state index is 0.377. The Hall–Kier alpha value is -2.57. The van der Waals surface area contributed by atoms with Crippen molar-refractivity contribution in [1.82, 2.24) is 9.80 Å². The number of hydrogen-bond acceptors (Lipinski definition) is 4. The summed E-state index contributed by atoms with van der Waals surface area (Å²) in [6.45, 7) is 9.56. The van der Waals surface area contributed by atoms with Gasteiger partial charge in [0.05, 0.1) is 19.3 Å². The van der Waals surface area contributed by atoms with Crippen LogP contribution in [0, 0.1) is 0 Å². The van der Waals surface area contributed by atoms with Gasteiger partial charge in [-0.05, 0) is 29.8 Å². The molecule has 0 saturated carbocycles. The van der Waals surface area contributed by atoms with Gasteiger partial charge in [-0.25, -0.2) is 4.99 Å². The number of guanidine groups is 1. The van der Waals surface area contributed by atoms with Crippen molar-refractivity contribution >= 4 is 11.6 Å². The zero-order valence-electron chi connectivity index (χ0n) is 16.9. The molecule has 1 aliphatic rings. The average molecular weight is 382 g/mol. The van der Waals surface area contributed by atoms with E-state index in [0.29, 0.717) is 12.5 Å². The van der Waals surface area contributed by atoms with Gasteiger partial charge in [-0.3, -0.25) is 4.90 Å². The number of likely N-dealkylation sites (N-methyl/N-ethyl adjacent to an activating group) is 1. The van der Waals surface area contributed by atoms with Crippen molar-refractivity contribution in [3.05, 3.63) is 59.7 Å². The summed E-state index contributed by atoms with van der Waals surface area (Å²) in [6.07, 6.45) is 0.